The Morgan fingerprint density at radius 3 is 2.33 bits per heavy atom. The summed E-state index contributed by atoms with van der Waals surface area (Å²) in [5.41, 5.74) is -0.442. The zero-order valence-corrected chi connectivity index (χ0v) is 10.5. The van der Waals surface area contributed by atoms with Crippen LogP contribution in [-0.4, -0.2) is 19.9 Å². The Hall–Kier alpha value is -0.560. The van der Waals surface area contributed by atoms with Crippen LogP contribution in [0.1, 0.15) is 40.0 Å². The molecule has 0 bridgehead atoms. The van der Waals surface area contributed by atoms with Gasteiger partial charge in [0.2, 0.25) is 0 Å². The molecule has 3 nitrogen and oxygen atoms in total. The first kappa shape index (κ1) is 12.5. The van der Waals surface area contributed by atoms with E-state index in [1.165, 1.54) is 0 Å². The van der Waals surface area contributed by atoms with Gasteiger partial charge in [-0.1, -0.05) is 20.8 Å². The number of nitrogens with zero attached hydrogens (tertiary/aromatic N) is 1. The highest BCUT2D eigenvalue weighted by Gasteiger charge is 2.42. The first-order valence-corrected chi connectivity index (χ1v) is 7.12. The molecule has 0 aromatic heterocycles. The average molecular weight is 229 g/mol. The summed E-state index contributed by atoms with van der Waals surface area (Å²) in [6, 6.07) is 2.23. The van der Waals surface area contributed by atoms with Gasteiger partial charge in [0.1, 0.15) is 0 Å². The third-order valence-corrected chi connectivity index (χ3v) is 4.80. The molecule has 1 atom stereocenters. The van der Waals surface area contributed by atoms with Crippen LogP contribution in [0.3, 0.4) is 0 Å². The van der Waals surface area contributed by atoms with E-state index in [-0.39, 0.29) is 16.9 Å². The molecule has 0 aromatic carbocycles. The van der Waals surface area contributed by atoms with E-state index in [9.17, 15) is 8.42 Å². The van der Waals surface area contributed by atoms with Crippen LogP contribution in [-0.2, 0) is 9.84 Å². The minimum Gasteiger partial charge on any atom is -0.229 e. The Balaban J connectivity index is 2.70. The summed E-state index contributed by atoms with van der Waals surface area (Å²) in [6.45, 7) is 6.34. The SMILES string of the molecule is CC(C)(C)CCC1(C#N)CCS(=O)(=O)C1. The van der Waals surface area contributed by atoms with E-state index in [0.29, 0.717) is 12.8 Å². The van der Waals surface area contributed by atoms with E-state index in [4.69, 9.17) is 5.26 Å². The second-order valence-electron chi connectivity index (χ2n) is 5.79. The molecule has 1 aliphatic heterocycles. The number of sulfone groups is 1. The van der Waals surface area contributed by atoms with Crippen molar-refractivity contribution in [2.45, 2.75) is 40.0 Å². The number of hydrogen-bond acceptors (Lipinski definition) is 3. The molecule has 0 spiro atoms. The highest BCUT2D eigenvalue weighted by molar-refractivity contribution is 7.91. The van der Waals surface area contributed by atoms with Crippen molar-refractivity contribution in [2.24, 2.45) is 10.8 Å². The summed E-state index contributed by atoms with van der Waals surface area (Å²) in [7, 11) is -2.96. The van der Waals surface area contributed by atoms with Gasteiger partial charge >= 0.3 is 0 Å². The van der Waals surface area contributed by atoms with Crippen LogP contribution in [0.2, 0.25) is 0 Å². The molecule has 1 aliphatic rings. The summed E-state index contributed by atoms with van der Waals surface area (Å²) in [4.78, 5) is 0. The third-order valence-electron chi connectivity index (χ3n) is 2.98. The van der Waals surface area contributed by atoms with Crippen molar-refractivity contribution in [1.82, 2.24) is 0 Å². The Morgan fingerprint density at radius 2 is 2.00 bits per heavy atom. The Kier molecular flexibility index (Phi) is 3.16. The van der Waals surface area contributed by atoms with Crippen LogP contribution in [0.4, 0.5) is 0 Å². The van der Waals surface area contributed by atoms with Crippen molar-refractivity contribution in [2.75, 3.05) is 11.5 Å². The lowest BCUT2D eigenvalue weighted by Gasteiger charge is -2.24. The molecule has 0 radical (unpaired) electrons. The normalized spacial score (nSPS) is 30.0. The largest absolute Gasteiger partial charge is 0.229 e. The minimum atomic E-state index is -2.96. The van der Waals surface area contributed by atoms with Gasteiger partial charge in [-0.05, 0) is 24.7 Å². The molecular weight excluding hydrogens is 210 g/mol. The van der Waals surface area contributed by atoms with Gasteiger partial charge in [0.05, 0.1) is 23.0 Å². The topological polar surface area (TPSA) is 57.9 Å². The molecule has 1 heterocycles. The van der Waals surface area contributed by atoms with Gasteiger partial charge in [0.15, 0.2) is 9.84 Å². The van der Waals surface area contributed by atoms with Gasteiger partial charge in [-0.15, -0.1) is 0 Å². The van der Waals surface area contributed by atoms with Crippen LogP contribution >= 0.6 is 0 Å². The lowest BCUT2D eigenvalue weighted by molar-refractivity contribution is 0.293. The molecule has 0 saturated carbocycles. The first-order valence-electron chi connectivity index (χ1n) is 5.30. The molecule has 0 aromatic rings. The van der Waals surface area contributed by atoms with E-state index >= 15 is 0 Å². The standard InChI is InChI=1S/C11H19NO2S/c1-10(2,3)4-5-11(8-12)6-7-15(13,14)9-11/h4-7,9H2,1-3H3. The van der Waals surface area contributed by atoms with Gasteiger partial charge in [0.25, 0.3) is 0 Å². The maximum atomic E-state index is 11.4. The van der Waals surface area contributed by atoms with Crippen LogP contribution < -0.4 is 0 Å². The summed E-state index contributed by atoms with van der Waals surface area (Å²) in [6.07, 6.45) is 2.12. The van der Waals surface area contributed by atoms with E-state index < -0.39 is 15.3 Å². The predicted octanol–water partition coefficient (Wildman–Crippen LogP) is 2.14. The summed E-state index contributed by atoms with van der Waals surface area (Å²) < 4.78 is 22.8. The summed E-state index contributed by atoms with van der Waals surface area (Å²) in [5, 5.41) is 9.13. The summed E-state index contributed by atoms with van der Waals surface area (Å²) >= 11 is 0. The average Bonchev–Trinajstić information content (AvgIpc) is 2.39. The Morgan fingerprint density at radius 1 is 1.40 bits per heavy atom. The second-order valence-corrected chi connectivity index (χ2v) is 7.98. The quantitative estimate of drug-likeness (QED) is 0.729. The van der Waals surface area contributed by atoms with Crippen LogP contribution in [0.5, 0.6) is 0 Å². The predicted molar refractivity (Wildman–Crippen MR) is 60.0 cm³/mol. The van der Waals surface area contributed by atoms with Crippen molar-refractivity contribution in [3.05, 3.63) is 0 Å². The van der Waals surface area contributed by atoms with E-state index in [2.05, 4.69) is 26.8 Å². The molecular formula is C11H19NO2S. The number of nitriles is 1. The first-order chi connectivity index (χ1) is 6.68. The third kappa shape index (κ3) is 3.49. The van der Waals surface area contributed by atoms with E-state index in [1.54, 1.807) is 0 Å². The zero-order chi connectivity index (χ0) is 11.7. The highest BCUT2D eigenvalue weighted by atomic mass is 32.2. The van der Waals surface area contributed by atoms with Crippen LogP contribution in [0.15, 0.2) is 0 Å². The van der Waals surface area contributed by atoms with Gasteiger partial charge in [0, 0.05) is 0 Å². The Bertz CT molecular complexity index is 372. The molecule has 1 saturated heterocycles. The minimum absolute atomic E-state index is 0.0621. The van der Waals surface area contributed by atoms with Crippen molar-refractivity contribution in [3.8, 4) is 6.07 Å². The van der Waals surface area contributed by atoms with Crippen LogP contribution in [0.25, 0.3) is 0 Å². The van der Waals surface area contributed by atoms with Gasteiger partial charge in [-0.25, -0.2) is 8.42 Å². The molecule has 1 rings (SSSR count). The molecule has 1 unspecified atom stereocenters. The second kappa shape index (κ2) is 3.79. The molecule has 0 aliphatic carbocycles. The smallest absolute Gasteiger partial charge is 0.151 e. The van der Waals surface area contributed by atoms with Crippen LogP contribution in [0, 0.1) is 22.2 Å². The van der Waals surface area contributed by atoms with Crippen molar-refractivity contribution in [3.63, 3.8) is 0 Å². The molecule has 0 N–H and O–H groups in total. The van der Waals surface area contributed by atoms with E-state index in [0.717, 1.165) is 6.42 Å². The lowest BCUT2D eigenvalue weighted by Crippen LogP contribution is -2.22. The van der Waals surface area contributed by atoms with Gasteiger partial charge in [-0.3, -0.25) is 0 Å². The maximum Gasteiger partial charge on any atom is 0.151 e. The molecule has 15 heavy (non-hydrogen) atoms. The van der Waals surface area contributed by atoms with Gasteiger partial charge in [-0.2, -0.15) is 5.26 Å². The number of rotatable bonds is 2. The van der Waals surface area contributed by atoms with Gasteiger partial charge < -0.3 is 0 Å². The molecule has 86 valence electrons. The lowest BCUT2D eigenvalue weighted by atomic mass is 9.78. The maximum absolute atomic E-state index is 11.4. The van der Waals surface area contributed by atoms with Crippen molar-refractivity contribution in [1.29, 1.82) is 5.26 Å². The molecule has 0 amide bonds. The Labute approximate surface area is 92.4 Å². The van der Waals surface area contributed by atoms with Crippen molar-refractivity contribution >= 4 is 9.84 Å². The molecule has 1 fully saturated rings. The highest BCUT2D eigenvalue weighted by Crippen LogP contribution is 2.39. The van der Waals surface area contributed by atoms with Crippen molar-refractivity contribution < 1.29 is 8.42 Å². The monoisotopic (exact) mass is 229 g/mol. The fourth-order valence-electron chi connectivity index (χ4n) is 1.87. The van der Waals surface area contributed by atoms with E-state index in [1.807, 2.05) is 0 Å². The fraction of sp³-hybridized carbons (Fsp3) is 0.909. The summed E-state index contributed by atoms with van der Waals surface area (Å²) in [5.74, 6) is 0.247. The number of hydrogen-bond donors (Lipinski definition) is 0. The fourth-order valence-corrected chi connectivity index (χ4v) is 3.91. The zero-order valence-electron chi connectivity index (χ0n) is 9.71. The molecule has 4 heteroatoms.